The van der Waals surface area contributed by atoms with Crippen molar-refractivity contribution >= 4 is 23.3 Å². The van der Waals surface area contributed by atoms with E-state index in [2.05, 4.69) is 16.0 Å². The van der Waals surface area contributed by atoms with Crippen molar-refractivity contribution in [3.8, 4) is 0 Å². The molecule has 0 aliphatic rings. The Balaban J connectivity index is 2.32. The number of para-hydroxylation sites is 1. The molecule has 88 valence electrons. The van der Waals surface area contributed by atoms with E-state index in [0.29, 0.717) is 17.3 Å². The van der Waals surface area contributed by atoms with Crippen molar-refractivity contribution in [2.45, 2.75) is 6.42 Å². The molecule has 0 unspecified atom stereocenters. The molecule has 0 atom stereocenters. The Morgan fingerprint density at radius 2 is 2.06 bits per heavy atom. The van der Waals surface area contributed by atoms with Crippen molar-refractivity contribution < 1.29 is 4.79 Å². The molecule has 0 heterocycles. The van der Waals surface area contributed by atoms with Gasteiger partial charge in [-0.2, -0.15) is 0 Å². The number of urea groups is 1. The summed E-state index contributed by atoms with van der Waals surface area (Å²) in [6.07, 6.45) is 0.895. The van der Waals surface area contributed by atoms with E-state index in [1.165, 1.54) is 0 Å². The summed E-state index contributed by atoms with van der Waals surface area (Å²) < 4.78 is 0. The zero-order valence-corrected chi connectivity index (χ0v) is 9.97. The summed E-state index contributed by atoms with van der Waals surface area (Å²) in [5.74, 6) is 0. The smallest absolute Gasteiger partial charge is 0.319 e. The summed E-state index contributed by atoms with van der Waals surface area (Å²) in [5.41, 5.74) is 0.621. The fourth-order valence-electron chi connectivity index (χ4n) is 1.20. The predicted octanol–water partition coefficient (Wildman–Crippen LogP) is 2.07. The highest BCUT2D eigenvalue weighted by atomic mass is 35.5. The largest absolute Gasteiger partial charge is 0.338 e. The highest BCUT2D eigenvalue weighted by molar-refractivity contribution is 6.33. The molecule has 1 aromatic rings. The fourth-order valence-corrected chi connectivity index (χ4v) is 1.38. The maximum Gasteiger partial charge on any atom is 0.319 e. The van der Waals surface area contributed by atoms with E-state index in [1.54, 1.807) is 12.1 Å². The molecule has 0 bridgehead atoms. The van der Waals surface area contributed by atoms with E-state index < -0.39 is 0 Å². The molecule has 0 aromatic heterocycles. The molecule has 0 aliphatic carbocycles. The summed E-state index contributed by atoms with van der Waals surface area (Å²) >= 11 is 5.90. The minimum Gasteiger partial charge on any atom is -0.338 e. The zero-order chi connectivity index (χ0) is 11.8. The number of carbonyl (C=O) groups excluding carboxylic acids is 1. The van der Waals surface area contributed by atoms with Gasteiger partial charge in [-0.3, -0.25) is 0 Å². The third-order valence-electron chi connectivity index (χ3n) is 2.01. The van der Waals surface area contributed by atoms with Crippen LogP contribution >= 0.6 is 11.6 Å². The van der Waals surface area contributed by atoms with Crippen molar-refractivity contribution in [3.63, 3.8) is 0 Å². The molecule has 0 saturated carbocycles. The molecule has 1 aromatic carbocycles. The Hall–Kier alpha value is -1.26. The van der Waals surface area contributed by atoms with Gasteiger partial charge in [0.05, 0.1) is 10.7 Å². The molecule has 0 aliphatic heterocycles. The summed E-state index contributed by atoms with van der Waals surface area (Å²) in [5, 5.41) is 8.97. The lowest BCUT2D eigenvalue weighted by atomic mass is 10.3. The van der Waals surface area contributed by atoms with Crippen LogP contribution in [0.2, 0.25) is 5.02 Å². The summed E-state index contributed by atoms with van der Waals surface area (Å²) in [6.45, 7) is 1.52. The van der Waals surface area contributed by atoms with Crippen LogP contribution in [0.1, 0.15) is 6.42 Å². The lowest BCUT2D eigenvalue weighted by Gasteiger charge is -2.08. The van der Waals surface area contributed by atoms with Gasteiger partial charge in [-0.1, -0.05) is 23.7 Å². The van der Waals surface area contributed by atoms with Crippen LogP contribution in [0.25, 0.3) is 0 Å². The first kappa shape index (κ1) is 12.8. The van der Waals surface area contributed by atoms with Gasteiger partial charge < -0.3 is 16.0 Å². The molecule has 0 fully saturated rings. The van der Waals surface area contributed by atoms with E-state index in [9.17, 15) is 4.79 Å². The van der Waals surface area contributed by atoms with Gasteiger partial charge in [0.15, 0.2) is 0 Å². The quantitative estimate of drug-likeness (QED) is 0.692. The van der Waals surface area contributed by atoms with Crippen LogP contribution in [0.4, 0.5) is 10.5 Å². The summed E-state index contributed by atoms with van der Waals surface area (Å²) in [4.78, 5) is 11.4. The molecule has 3 N–H and O–H groups in total. The first-order chi connectivity index (χ1) is 7.74. The minimum absolute atomic E-state index is 0.232. The number of benzene rings is 1. The number of amides is 2. The van der Waals surface area contributed by atoms with E-state index in [1.807, 2.05) is 19.2 Å². The van der Waals surface area contributed by atoms with Crippen LogP contribution in [0.3, 0.4) is 0 Å². The molecule has 1 rings (SSSR count). The van der Waals surface area contributed by atoms with Crippen molar-refractivity contribution in [2.75, 3.05) is 25.5 Å². The Morgan fingerprint density at radius 3 is 2.75 bits per heavy atom. The molecule has 0 radical (unpaired) electrons. The first-order valence-corrected chi connectivity index (χ1v) is 5.56. The van der Waals surface area contributed by atoms with Crippen LogP contribution in [0, 0.1) is 0 Å². The molecule has 2 amide bonds. The van der Waals surface area contributed by atoms with Crippen molar-refractivity contribution in [3.05, 3.63) is 29.3 Å². The number of rotatable bonds is 5. The van der Waals surface area contributed by atoms with Crippen molar-refractivity contribution in [1.29, 1.82) is 0 Å². The zero-order valence-electron chi connectivity index (χ0n) is 9.22. The molecule has 4 nitrogen and oxygen atoms in total. The first-order valence-electron chi connectivity index (χ1n) is 5.18. The Bertz CT molecular complexity index is 344. The number of carbonyl (C=O) groups is 1. The topological polar surface area (TPSA) is 53.2 Å². The average Bonchev–Trinajstić information content (AvgIpc) is 2.28. The van der Waals surface area contributed by atoms with Gasteiger partial charge in [-0.05, 0) is 32.1 Å². The fraction of sp³-hybridized carbons (Fsp3) is 0.364. The predicted molar refractivity (Wildman–Crippen MR) is 67.0 cm³/mol. The molecular formula is C11H16ClN3O. The highest BCUT2D eigenvalue weighted by Crippen LogP contribution is 2.19. The number of halogens is 1. The van der Waals surface area contributed by atoms with E-state index >= 15 is 0 Å². The molecule has 16 heavy (non-hydrogen) atoms. The number of nitrogens with one attached hydrogen (secondary N) is 3. The third kappa shape index (κ3) is 4.51. The van der Waals surface area contributed by atoms with Crippen LogP contribution in [0.5, 0.6) is 0 Å². The monoisotopic (exact) mass is 241 g/mol. The second kappa shape index (κ2) is 7.09. The second-order valence-corrected chi connectivity index (χ2v) is 3.73. The number of hydrogen-bond donors (Lipinski definition) is 3. The van der Waals surface area contributed by atoms with Crippen LogP contribution in [-0.4, -0.2) is 26.2 Å². The van der Waals surface area contributed by atoms with Gasteiger partial charge in [0.1, 0.15) is 0 Å². The summed E-state index contributed by atoms with van der Waals surface area (Å²) in [7, 11) is 1.88. The van der Waals surface area contributed by atoms with Gasteiger partial charge in [0.25, 0.3) is 0 Å². The SMILES string of the molecule is CNCCCNC(=O)Nc1ccccc1Cl. The number of anilines is 1. The van der Waals surface area contributed by atoms with Gasteiger partial charge in [0, 0.05) is 6.54 Å². The van der Waals surface area contributed by atoms with Crippen molar-refractivity contribution in [1.82, 2.24) is 10.6 Å². The maximum atomic E-state index is 11.4. The van der Waals surface area contributed by atoms with Crippen LogP contribution in [0.15, 0.2) is 24.3 Å². The van der Waals surface area contributed by atoms with Crippen molar-refractivity contribution in [2.24, 2.45) is 0 Å². The molecule has 5 heteroatoms. The Labute approximate surface area is 100 Å². The summed E-state index contributed by atoms with van der Waals surface area (Å²) in [6, 6.07) is 6.90. The van der Waals surface area contributed by atoms with Gasteiger partial charge in [-0.25, -0.2) is 4.79 Å². The molecule has 0 spiro atoms. The normalized spacial score (nSPS) is 9.88. The molecule has 0 saturated heterocycles. The van der Waals surface area contributed by atoms with E-state index in [0.717, 1.165) is 13.0 Å². The Kier molecular flexibility index (Phi) is 5.67. The van der Waals surface area contributed by atoms with Crippen LogP contribution in [-0.2, 0) is 0 Å². The lowest BCUT2D eigenvalue weighted by molar-refractivity contribution is 0.252. The van der Waals surface area contributed by atoms with E-state index in [4.69, 9.17) is 11.6 Å². The van der Waals surface area contributed by atoms with Gasteiger partial charge in [0.2, 0.25) is 0 Å². The molecular weight excluding hydrogens is 226 g/mol. The Morgan fingerprint density at radius 1 is 1.31 bits per heavy atom. The minimum atomic E-state index is -0.232. The van der Waals surface area contributed by atoms with Crippen LogP contribution < -0.4 is 16.0 Å². The lowest BCUT2D eigenvalue weighted by Crippen LogP contribution is -2.30. The highest BCUT2D eigenvalue weighted by Gasteiger charge is 2.03. The number of hydrogen-bond acceptors (Lipinski definition) is 2. The van der Waals surface area contributed by atoms with E-state index in [-0.39, 0.29) is 6.03 Å². The van der Waals surface area contributed by atoms with Gasteiger partial charge >= 0.3 is 6.03 Å². The average molecular weight is 242 g/mol. The maximum absolute atomic E-state index is 11.4. The second-order valence-electron chi connectivity index (χ2n) is 3.32. The standard InChI is InChI=1S/C11H16ClN3O/c1-13-7-4-8-14-11(16)15-10-6-3-2-5-9(10)12/h2-3,5-6,13H,4,7-8H2,1H3,(H2,14,15,16). The third-order valence-corrected chi connectivity index (χ3v) is 2.34. The van der Waals surface area contributed by atoms with Gasteiger partial charge in [-0.15, -0.1) is 0 Å².